The second kappa shape index (κ2) is 30.3. The van der Waals surface area contributed by atoms with Crippen LogP contribution in [-0.2, 0) is 53.7 Å². The number of hydrogen-bond acceptors (Lipinski definition) is 8. The molecular weight excluding hydrogens is 1320 g/mol. The highest BCUT2D eigenvalue weighted by Crippen LogP contribution is 2.43. The molecule has 12 heterocycles. The molecule has 0 aliphatic carbocycles. The lowest BCUT2D eigenvalue weighted by atomic mass is 9.93. The van der Waals surface area contributed by atoms with Gasteiger partial charge in [-0.2, -0.15) is 0 Å². The third-order valence-electron chi connectivity index (χ3n) is 20.6. The van der Waals surface area contributed by atoms with Gasteiger partial charge in [0.1, 0.15) is 28.2 Å². The third-order valence-corrected chi connectivity index (χ3v) is 20.6. The number of aromatic nitrogens is 8. The second-order valence-electron chi connectivity index (χ2n) is 29.4. The molecule has 4 aromatic carbocycles. The van der Waals surface area contributed by atoms with Crippen LogP contribution in [0.4, 0.5) is 0 Å². The van der Waals surface area contributed by atoms with Crippen molar-refractivity contribution in [3.8, 4) is 45.0 Å². The number of nitrogens with zero attached hydrogens (tertiary/aromatic N) is 8. The van der Waals surface area contributed by atoms with Crippen LogP contribution in [0.1, 0.15) is 208 Å². The van der Waals surface area contributed by atoms with Crippen LogP contribution in [0.3, 0.4) is 0 Å². The van der Waals surface area contributed by atoms with E-state index in [2.05, 4.69) is 116 Å². The molecule has 16 rings (SSSR count). The summed E-state index contributed by atoms with van der Waals surface area (Å²) in [6.45, 7) is 31.1. The third kappa shape index (κ3) is 14.0. The molecular formula is C95H106N8O4+4. The molecule has 0 aliphatic rings. The van der Waals surface area contributed by atoms with Gasteiger partial charge in [-0.15, -0.1) is 0 Å². The van der Waals surface area contributed by atoms with Gasteiger partial charge in [0.05, 0.1) is 22.3 Å². The number of furan rings is 4. The Bertz CT molecular complexity index is 6760. The highest BCUT2D eigenvalue weighted by Gasteiger charge is 2.29. The minimum atomic E-state index is -2.88. The standard InChI is InChI=1S/3C24H27N2O.C23H25N2O/c3*1-7-17-13-26(6)21(12-20(17)14(2)3)22-15(4)8-10-18-19-11-9-16(5)25-24(19)27-23(18)22;1-6-16-13-25(5)20(12-19(16)14(2)3)21-15(4)9-10-17-18-8-7-11-24-23(18)26-22(17)21/h3*8-14H,7H2,1-6H3;7-14H,6H2,1-5H3/q4*+1/i1D3,7D2,14D;7D2,14D;7D2;6D2. The maximum Gasteiger partial charge on any atom is 0.227 e. The fourth-order valence-corrected chi connectivity index (χ4v) is 14.9. The predicted molar refractivity (Wildman–Crippen MR) is 440 cm³/mol. The molecule has 0 N–H and O–H groups in total. The minimum absolute atomic E-state index is 0.0134. The van der Waals surface area contributed by atoms with Gasteiger partial charge < -0.3 is 17.7 Å². The van der Waals surface area contributed by atoms with Gasteiger partial charge in [0.2, 0.25) is 45.6 Å². The summed E-state index contributed by atoms with van der Waals surface area (Å²) in [4.78, 5) is 18.0. The molecule has 0 atom stereocenters. The maximum absolute atomic E-state index is 8.66. The van der Waals surface area contributed by atoms with Crippen LogP contribution < -0.4 is 18.3 Å². The van der Waals surface area contributed by atoms with Gasteiger partial charge in [0.15, 0.2) is 47.1 Å². The second-order valence-corrected chi connectivity index (χ2v) is 29.4. The van der Waals surface area contributed by atoms with Crippen molar-refractivity contribution in [3.63, 3.8) is 0 Å². The average molecular weight is 1440 g/mol. The summed E-state index contributed by atoms with van der Waals surface area (Å²) in [7, 11) is 7.60. The Kier molecular flexibility index (Phi) is 16.8. The van der Waals surface area contributed by atoms with Gasteiger partial charge in [-0.25, -0.2) is 38.2 Å². The first kappa shape index (κ1) is 59.4. The Morgan fingerprint density at radius 2 is 0.626 bits per heavy atom. The lowest BCUT2D eigenvalue weighted by molar-refractivity contribution is -0.661. The zero-order valence-corrected chi connectivity index (χ0v) is 65.8. The molecule has 12 aromatic heterocycles. The summed E-state index contributed by atoms with van der Waals surface area (Å²) < 4.78 is 139. The van der Waals surface area contributed by atoms with Crippen molar-refractivity contribution in [2.75, 3.05) is 0 Å². The average Bonchev–Trinajstić information content (AvgIpc) is 1.24. The lowest BCUT2D eigenvalue weighted by Gasteiger charge is -2.13. The predicted octanol–water partition coefficient (Wildman–Crippen LogP) is 22.8. The quantitative estimate of drug-likeness (QED) is 0.111. The van der Waals surface area contributed by atoms with Crippen LogP contribution in [0.5, 0.6) is 0 Å². The molecule has 0 radical (unpaired) electrons. The van der Waals surface area contributed by atoms with E-state index in [0.29, 0.717) is 50.8 Å². The van der Waals surface area contributed by atoms with Gasteiger partial charge >= 0.3 is 0 Å². The van der Waals surface area contributed by atoms with Gasteiger partial charge in [-0.1, -0.05) is 132 Å². The van der Waals surface area contributed by atoms with Crippen LogP contribution in [0.2, 0.25) is 0 Å². The highest BCUT2D eigenvalue weighted by molar-refractivity contribution is 6.12. The van der Waals surface area contributed by atoms with E-state index in [-0.39, 0.29) is 17.4 Å². The number of benzene rings is 4. The summed E-state index contributed by atoms with van der Waals surface area (Å²) in [5.74, 6) is -1.76. The van der Waals surface area contributed by atoms with E-state index in [1.807, 2.05) is 149 Å². The molecule has 0 fully saturated rings. The van der Waals surface area contributed by atoms with Crippen molar-refractivity contribution in [2.24, 2.45) is 28.2 Å². The Balaban J connectivity index is 0.000000139. The number of hydrogen-bond donors (Lipinski definition) is 0. The van der Waals surface area contributed by atoms with Gasteiger partial charge in [0.25, 0.3) is 0 Å². The van der Waals surface area contributed by atoms with Crippen LogP contribution in [0, 0.1) is 48.5 Å². The van der Waals surface area contributed by atoms with E-state index in [0.717, 1.165) is 161 Å². The number of aryl methyl sites for hydroxylation is 15. The molecule has 546 valence electrons. The minimum Gasteiger partial charge on any atom is -0.437 e. The molecule has 0 unspecified atom stereocenters. The van der Waals surface area contributed by atoms with Crippen molar-refractivity contribution in [1.82, 2.24) is 19.9 Å². The SMILES string of the molecule is [2H]C(C)(C)c1cc(-c2c(C)ccc3c2oc2nc(C)ccc23)[n+](C)cc1C([2H])([2H])C([2H])([2H])[2H].[2H]C([2H])(C)c1c[n+](C)c(-c2c(C)ccc3c2oc2nc(C)ccc23)cc1C(C)C.[2H]C([2H])(C)c1c[n+](C)c(-c2c(C)ccc3c2oc2nc(C)ccc23)cc1C([2H])(C)C.[2H]C([2H])(C)c1c[n+](C)c(-c2c(C)ccc3c2oc2ncccc23)cc1C(C)C. The summed E-state index contributed by atoms with van der Waals surface area (Å²) in [6, 6.07) is 40.4. The zero-order chi connectivity index (χ0) is 87.8. The van der Waals surface area contributed by atoms with Crippen molar-refractivity contribution in [2.45, 2.75) is 181 Å². The summed E-state index contributed by atoms with van der Waals surface area (Å²) in [6.07, 6.45) is 1.92. The zero-order valence-electron chi connectivity index (χ0n) is 78.8. The van der Waals surface area contributed by atoms with Crippen molar-refractivity contribution in [3.05, 3.63) is 236 Å². The Morgan fingerprint density at radius 3 is 0.916 bits per heavy atom. The van der Waals surface area contributed by atoms with Crippen LogP contribution in [0.15, 0.2) is 170 Å². The molecule has 0 aliphatic heterocycles. The molecule has 0 saturated carbocycles. The van der Waals surface area contributed by atoms with E-state index < -0.39 is 44.1 Å². The maximum atomic E-state index is 8.66. The number of pyridine rings is 8. The molecule has 0 amide bonds. The highest BCUT2D eigenvalue weighted by atomic mass is 16.4. The number of rotatable bonds is 12. The van der Waals surface area contributed by atoms with Gasteiger partial charge in [-0.05, 0) is 191 Å². The van der Waals surface area contributed by atoms with Crippen molar-refractivity contribution < 1.29 is 53.8 Å². The monoisotopic (exact) mass is 1440 g/mol. The first-order chi connectivity index (χ1) is 55.8. The molecule has 107 heavy (non-hydrogen) atoms. The van der Waals surface area contributed by atoms with Gasteiger partial charge in [-0.3, -0.25) is 0 Å². The van der Waals surface area contributed by atoms with E-state index in [1.54, 1.807) is 65.4 Å². The van der Waals surface area contributed by atoms with Crippen molar-refractivity contribution in [1.29, 1.82) is 0 Å². The Hall–Kier alpha value is -10.7. The van der Waals surface area contributed by atoms with Crippen LogP contribution >= 0.6 is 0 Å². The molecule has 12 nitrogen and oxygen atoms in total. The van der Waals surface area contributed by atoms with Crippen LogP contribution in [-0.4, -0.2) is 19.9 Å². The van der Waals surface area contributed by atoms with E-state index in [4.69, 9.17) is 35.5 Å². The first-order valence-corrected chi connectivity index (χ1v) is 36.6. The molecule has 16 aromatic rings. The summed E-state index contributed by atoms with van der Waals surface area (Å²) in [5.41, 5.74) is 24.8. The normalized spacial score (nSPS) is 14.4. The van der Waals surface area contributed by atoms with Crippen LogP contribution in [0.25, 0.3) is 133 Å². The fraction of sp³-hybridized carbons (Fsp3) is 0.326. The molecule has 0 bridgehead atoms. The van der Waals surface area contributed by atoms with Gasteiger partial charge in [0, 0.05) is 131 Å². The smallest absolute Gasteiger partial charge is 0.227 e. The Morgan fingerprint density at radius 1 is 0.355 bits per heavy atom. The lowest BCUT2D eigenvalue weighted by Crippen LogP contribution is -2.32. The molecule has 0 spiro atoms. The topological polar surface area (TPSA) is 120 Å². The first-order valence-electron chi connectivity index (χ1n) is 43.1. The molecule has 0 saturated heterocycles. The molecule has 12 heteroatoms. The van der Waals surface area contributed by atoms with E-state index in [1.165, 1.54) is 13.1 Å². The Labute approximate surface area is 649 Å². The summed E-state index contributed by atoms with van der Waals surface area (Å²) >= 11 is 0. The number of fused-ring (bicyclic) bond motifs is 12. The summed E-state index contributed by atoms with van der Waals surface area (Å²) in [5, 5.41) is 7.90. The van der Waals surface area contributed by atoms with E-state index in [9.17, 15) is 0 Å². The largest absolute Gasteiger partial charge is 0.437 e. The fourth-order valence-electron chi connectivity index (χ4n) is 14.9. The van der Waals surface area contributed by atoms with E-state index >= 15 is 0 Å². The van der Waals surface area contributed by atoms with Crippen molar-refractivity contribution >= 4 is 88.3 Å².